The van der Waals surface area contributed by atoms with Crippen molar-refractivity contribution in [2.24, 2.45) is 10.9 Å². The fourth-order valence-electron chi connectivity index (χ4n) is 1.02. The van der Waals surface area contributed by atoms with E-state index >= 15 is 0 Å². The standard InChI is InChI=1S/C7H14N2.H2S/c1-7(2)5-9-4-3-8-6-9;/h6-7H,3-5H2,1-2H3;1H2. The zero-order chi connectivity index (χ0) is 6.69. The third kappa shape index (κ3) is 3.11. The van der Waals surface area contributed by atoms with Gasteiger partial charge in [0.2, 0.25) is 0 Å². The summed E-state index contributed by atoms with van der Waals surface area (Å²) in [5, 5.41) is 0. The number of rotatable bonds is 2. The lowest BCUT2D eigenvalue weighted by molar-refractivity contribution is 0.401. The molecule has 0 bridgehead atoms. The van der Waals surface area contributed by atoms with E-state index in [9.17, 15) is 0 Å². The van der Waals surface area contributed by atoms with Crippen LogP contribution in [0.1, 0.15) is 13.8 Å². The van der Waals surface area contributed by atoms with Crippen molar-refractivity contribution in [2.75, 3.05) is 19.6 Å². The Balaban J connectivity index is 0.000000810. The Bertz CT molecular complexity index is 112. The fraction of sp³-hybridized carbons (Fsp3) is 0.857. The van der Waals surface area contributed by atoms with Gasteiger partial charge in [-0.2, -0.15) is 13.5 Å². The van der Waals surface area contributed by atoms with Crippen LogP contribution in [-0.4, -0.2) is 30.9 Å². The molecule has 0 radical (unpaired) electrons. The predicted octanol–water partition coefficient (Wildman–Crippen LogP) is 1.10. The Morgan fingerprint density at radius 1 is 1.60 bits per heavy atom. The van der Waals surface area contributed by atoms with Gasteiger partial charge >= 0.3 is 0 Å². The topological polar surface area (TPSA) is 15.6 Å². The maximum absolute atomic E-state index is 4.12. The van der Waals surface area contributed by atoms with E-state index in [2.05, 4.69) is 23.7 Å². The van der Waals surface area contributed by atoms with E-state index in [0.717, 1.165) is 25.6 Å². The van der Waals surface area contributed by atoms with Crippen molar-refractivity contribution in [1.82, 2.24) is 4.90 Å². The minimum Gasteiger partial charge on any atom is -0.361 e. The monoisotopic (exact) mass is 160 g/mol. The van der Waals surface area contributed by atoms with Crippen molar-refractivity contribution in [1.29, 1.82) is 0 Å². The van der Waals surface area contributed by atoms with Gasteiger partial charge in [-0.05, 0) is 5.92 Å². The SMILES string of the molecule is CC(C)CN1C=NCC1.S. The minimum absolute atomic E-state index is 0. The van der Waals surface area contributed by atoms with Gasteiger partial charge in [-0.3, -0.25) is 4.99 Å². The summed E-state index contributed by atoms with van der Waals surface area (Å²) in [5.74, 6) is 0.759. The van der Waals surface area contributed by atoms with Gasteiger partial charge in [-0.1, -0.05) is 13.8 Å². The van der Waals surface area contributed by atoms with Gasteiger partial charge < -0.3 is 4.90 Å². The molecule has 0 aromatic rings. The second kappa shape index (κ2) is 4.61. The molecule has 0 fully saturated rings. The normalized spacial score (nSPS) is 16.1. The average Bonchev–Trinajstić information content (AvgIpc) is 2.15. The zero-order valence-electron chi connectivity index (χ0n) is 6.67. The van der Waals surface area contributed by atoms with Crippen molar-refractivity contribution in [3.05, 3.63) is 0 Å². The molecule has 0 aromatic carbocycles. The summed E-state index contributed by atoms with van der Waals surface area (Å²) in [6.07, 6.45) is 1.96. The van der Waals surface area contributed by atoms with Gasteiger partial charge in [0.05, 0.1) is 12.9 Å². The Kier molecular flexibility index (Phi) is 4.52. The summed E-state index contributed by atoms with van der Waals surface area (Å²) in [6.45, 7) is 7.73. The number of hydrogen-bond acceptors (Lipinski definition) is 2. The van der Waals surface area contributed by atoms with E-state index < -0.39 is 0 Å². The van der Waals surface area contributed by atoms with Crippen LogP contribution in [0.15, 0.2) is 4.99 Å². The molecular formula is C7H16N2S. The van der Waals surface area contributed by atoms with Crippen LogP contribution in [0.4, 0.5) is 0 Å². The van der Waals surface area contributed by atoms with Gasteiger partial charge in [0.25, 0.3) is 0 Å². The van der Waals surface area contributed by atoms with E-state index in [1.165, 1.54) is 0 Å². The highest BCUT2D eigenvalue weighted by atomic mass is 32.1. The third-order valence-corrected chi connectivity index (χ3v) is 1.36. The van der Waals surface area contributed by atoms with Crippen molar-refractivity contribution in [2.45, 2.75) is 13.8 Å². The van der Waals surface area contributed by atoms with Crippen LogP contribution in [0.2, 0.25) is 0 Å². The quantitative estimate of drug-likeness (QED) is 0.590. The average molecular weight is 160 g/mol. The zero-order valence-corrected chi connectivity index (χ0v) is 7.67. The van der Waals surface area contributed by atoms with Gasteiger partial charge in [0.15, 0.2) is 0 Å². The molecule has 0 atom stereocenters. The van der Waals surface area contributed by atoms with Crippen molar-refractivity contribution in [3.63, 3.8) is 0 Å². The van der Waals surface area contributed by atoms with Gasteiger partial charge in [-0.25, -0.2) is 0 Å². The predicted molar refractivity (Wildman–Crippen MR) is 50.2 cm³/mol. The molecule has 0 amide bonds. The second-order valence-electron chi connectivity index (χ2n) is 2.91. The maximum atomic E-state index is 4.12. The Hall–Kier alpha value is -0.180. The van der Waals surface area contributed by atoms with Crippen LogP contribution in [0.5, 0.6) is 0 Å². The summed E-state index contributed by atoms with van der Waals surface area (Å²) < 4.78 is 0. The van der Waals surface area contributed by atoms with Gasteiger partial charge in [-0.15, -0.1) is 0 Å². The maximum Gasteiger partial charge on any atom is 0.0851 e. The highest BCUT2D eigenvalue weighted by Crippen LogP contribution is 1.99. The van der Waals surface area contributed by atoms with Crippen LogP contribution in [0.25, 0.3) is 0 Å². The van der Waals surface area contributed by atoms with Crippen molar-refractivity contribution >= 4 is 19.8 Å². The van der Waals surface area contributed by atoms with E-state index in [0.29, 0.717) is 0 Å². The van der Waals surface area contributed by atoms with Crippen LogP contribution >= 0.6 is 13.5 Å². The first-order chi connectivity index (χ1) is 4.29. The molecule has 1 rings (SSSR count). The van der Waals surface area contributed by atoms with Crippen LogP contribution < -0.4 is 0 Å². The molecule has 1 aliphatic rings. The number of aliphatic imine (C=N–C) groups is 1. The number of nitrogens with zero attached hydrogens (tertiary/aromatic N) is 2. The van der Waals surface area contributed by atoms with E-state index in [4.69, 9.17) is 0 Å². The summed E-state index contributed by atoms with van der Waals surface area (Å²) >= 11 is 0. The smallest absolute Gasteiger partial charge is 0.0851 e. The molecular weight excluding hydrogens is 144 g/mol. The van der Waals surface area contributed by atoms with Gasteiger partial charge in [0.1, 0.15) is 0 Å². The lowest BCUT2D eigenvalue weighted by Crippen LogP contribution is -2.24. The van der Waals surface area contributed by atoms with E-state index in [1.807, 2.05) is 6.34 Å². The van der Waals surface area contributed by atoms with E-state index in [-0.39, 0.29) is 13.5 Å². The lowest BCUT2D eigenvalue weighted by atomic mass is 10.2. The van der Waals surface area contributed by atoms with Crippen LogP contribution in [0.3, 0.4) is 0 Å². The first kappa shape index (κ1) is 9.82. The molecule has 2 nitrogen and oxygen atoms in total. The summed E-state index contributed by atoms with van der Waals surface area (Å²) in [7, 11) is 0. The summed E-state index contributed by atoms with van der Waals surface area (Å²) in [4.78, 5) is 6.39. The third-order valence-electron chi connectivity index (χ3n) is 1.36. The summed E-state index contributed by atoms with van der Waals surface area (Å²) in [5.41, 5.74) is 0. The highest BCUT2D eigenvalue weighted by Gasteiger charge is 2.05. The van der Waals surface area contributed by atoms with Crippen LogP contribution in [0, 0.1) is 5.92 Å². The molecule has 0 N–H and O–H groups in total. The molecule has 0 spiro atoms. The van der Waals surface area contributed by atoms with Crippen molar-refractivity contribution in [3.8, 4) is 0 Å². The van der Waals surface area contributed by atoms with Gasteiger partial charge in [0, 0.05) is 13.1 Å². The Morgan fingerprint density at radius 3 is 2.70 bits per heavy atom. The molecule has 0 unspecified atom stereocenters. The molecule has 0 saturated carbocycles. The highest BCUT2D eigenvalue weighted by molar-refractivity contribution is 7.59. The molecule has 1 heterocycles. The lowest BCUT2D eigenvalue weighted by Gasteiger charge is -2.15. The summed E-state index contributed by atoms with van der Waals surface area (Å²) in [6, 6.07) is 0. The van der Waals surface area contributed by atoms with E-state index in [1.54, 1.807) is 0 Å². The molecule has 1 aliphatic heterocycles. The van der Waals surface area contributed by atoms with Crippen LogP contribution in [-0.2, 0) is 0 Å². The van der Waals surface area contributed by atoms with Crippen molar-refractivity contribution < 1.29 is 0 Å². The molecule has 3 heteroatoms. The number of hydrogen-bond donors (Lipinski definition) is 0. The molecule has 0 aromatic heterocycles. The molecule has 0 aliphatic carbocycles. The first-order valence-electron chi connectivity index (χ1n) is 3.53. The largest absolute Gasteiger partial charge is 0.361 e. The second-order valence-corrected chi connectivity index (χ2v) is 2.91. The Labute approximate surface area is 69.8 Å². The first-order valence-corrected chi connectivity index (χ1v) is 3.53. The minimum atomic E-state index is 0. The molecule has 0 saturated heterocycles. The molecule has 60 valence electrons. The Morgan fingerprint density at radius 2 is 2.30 bits per heavy atom. The fourth-order valence-corrected chi connectivity index (χ4v) is 1.02. The molecule has 10 heavy (non-hydrogen) atoms.